The Morgan fingerprint density at radius 3 is 2.22 bits per heavy atom. The topological polar surface area (TPSA) is 90.5 Å². The Bertz CT molecular complexity index is 1540. The van der Waals surface area contributed by atoms with Crippen LogP contribution < -0.4 is 4.31 Å². The van der Waals surface area contributed by atoms with Crippen molar-refractivity contribution in [2.75, 3.05) is 50.6 Å². The van der Waals surface area contributed by atoms with E-state index in [-0.39, 0.29) is 9.90 Å². The molecule has 216 valence electrons. The first-order valence-corrected chi connectivity index (χ1v) is 16.2. The zero-order valence-electron chi connectivity index (χ0n) is 23.2. The molecule has 0 aliphatic carbocycles. The van der Waals surface area contributed by atoms with E-state index < -0.39 is 27.6 Å². The number of thiophene rings is 1. The summed E-state index contributed by atoms with van der Waals surface area (Å²) < 4.78 is 34.8. The molecule has 2 aromatic carbocycles. The molecule has 0 radical (unpaired) electrons. The maximum Gasteiger partial charge on any atom is 0.411 e. The summed E-state index contributed by atoms with van der Waals surface area (Å²) in [7, 11) is -2.11. The predicted octanol–water partition coefficient (Wildman–Crippen LogP) is 3.88. The number of nitrogens with zero attached hydrogens (tertiary/aromatic N) is 4. The average molecular weight is 595 g/mol. The molecule has 2 saturated heterocycles. The van der Waals surface area contributed by atoms with E-state index in [4.69, 9.17) is 4.74 Å². The highest BCUT2D eigenvalue weighted by Crippen LogP contribution is 2.50. The molecular formula is C30H34N4O5S2. The largest absolute Gasteiger partial charge is 0.422 e. The molecule has 0 saturated carbocycles. The van der Waals surface area contributed by atoms with Crippen molar-refractivity contribution in [2.45, 2.75) is 35.6 Å². The molecule has 2 amide bonds. The monoisotopic (exact) mass is 594 g/mol. The Hall–Kier alpha value is -3.25. The SMILES string of the molecule is Cc1ccccc1C1(OC(=O)N2CCC(N3CCN(C)CC3)CC2)C(=O)N(S(=O)(=O)c2cccs2)c2ccccc21. The van der Waals surface area contributed by atoms with Crippen LogP contribution >= 0.6 is 11.3 Å². The number of fused-ring (bicyclic) bond motifs is 1. The van der Waals surface area contributed by atoms with Gasteiger partial charge in [0.1, 0.15) is 4.21 Å². The second-order valence-electron chi connectivity index (χ2n) is 10.9. The van der Waals surface area contributed by atoms with E-state index in [2.05, 4.69) is 16.8 Å². The molecule has 1 atom stereocenters. The lowest BCUT2D eigenvalue weighted by Crippen LogP contribution is -2.54. The van der Waals surface area contributed by atoms with Gasteiger partial charge in [0.05, 0.1) is 5.69 Å². The van der Waals surface area contributed by atoms with Crippen LogP contribution in [0.15, 0.2) is 70.3 Å². The standard InChI is InChI=1S/C30H34N4O5S2/c1-22-8-3-4-9-24(22)30(39-29(36)33-15-13-23(14-16-33)32-19-17-31(2)18-20-32)25-10-5-6-11-26(25)34(28(30)35)41(37,38)27-12-7-21-40-27/h3-12,21,23H,13-20H2,1-2H3. The Morgan fingerprint density at radius 2 is 1.56 bits per heavy atom. The summed E-state index contributed by atoms with van der Waals surface area (Å²) in [5.74, 6) is -0.818. The highest BCUT2D eigenvalue weighted by molar-refractivity contribution is 7.95. The zero-order valence-corrected chi connectivity index (χ0v) is 24.9. The second-order valence-corrected chi connectivity index (χ2v) is 13.9. The van der Waals surface area contributed by atoms with Gasteiger partial charge in [-0.25, -0.2) is 4.79 Å². The number of benzene rings is 2. The molecule has 41 heavy (non-hydrogen) atoms. The smallest absolute Gasteiger partial charge is 0.411 e. The molecule has 9 nitrogen and oxygen atoms in total. The summed E-state index contributed by atoms with van der Waals surface area (Å²) in [6, 6.07) is 17.4. The third-order valence-electron chi connectivity index (χ3n) is 8.52. The number of hydrogen-bond donors (Lipinski definition) is 0. The van der Waals surface area contributed by atoms with Gasteiger partial charge in [0.15, 0.2) is 0 Å². The number of carbonyl (C=O) groups is 2. The molecule has 0 spiro atoms. The number of hydrogen-bond acceptors (Lipinski definition) is 8. The summed E-state index contributed by atoms with van der Waals surface area (Å²) in [6.45, 7) is 6.95. The highest BCUT2D eigenvalue weighted by Gasteiger charge is 2.60. The first-order valence-electron chi connectivity index (χ1n) is 13.9. The number of carbonyl (C=O) groups excluding carboxylic acids is 2. The number of rotatable bonds is 5. The lowest BCUT2D eigenvalue weighted by atomic mass is 9.84. The fourth-order valence-electron chi connectivity index (χ4n) is 6.23. The number of amides is 2. The van der Waals surface area contributed by atoms with Gasteiger partial charge < -0.3 is 14.5 Å². The van der Waals surface area contributed by atoms with Crippen molar-refractivity contribution >= 4 is 39.0 Å². The van der Waals surface area contributed by atoms with E-state index in [1.807, 2.05) is 19.1 Å². The van der Waals surface area contributed by atoms with Crippen molar-refractivity contribution in [2.24, 2.45) is 0 Å². The van der Waals surface area contributed by atoms with Crippen molar-refractivity contribution in [3.63, 3.8) is 0 Å². The van der Waals surface area contributed by atoms with Gasteiger partial charge in [0.25, 0.3) is 15.9 Å². The van der Waals surface area contributed by atoms with Gasteiger partial charge in [-0.05, 0) is 49.9 Å². The van der Waals surface area contributed by atoms with Crippen LogP contribution in [0, 0.1) is 6.92 Å². The van der Waals surface area contributed by atoms with Crippen LogP contribution in [0.3, 0.4) is 0 Å². The minimum Gasteiger partial charge on any atom is -0.422 e. The quantitative estimate of drug-likeness (QED) is 0.443. The van der Waals surface area contributed by atoms with Crippen LogP contribution in [-0.2, 0) is 25.2 Å². The van der Waals surface area contributed by atoms with Crippen LogP contribution in [0.1, 0.15) is 29.5 Å². The van der Waals surface area contributed by atoms with Crippen molar-refractivity contribution in [3.8, 4) is 0 Å². The number of para-hydroxylation sites is 1. The van der Waals surface area contributed by atoms with Gasteiger partial charge in [0.2, 0.25) is 5.60 Å². The Kier molecular flexibility index (Phi) is 7.39. The first-order chi connectivity index (χ1) is 19.7. The van der Waals surface area contributed by atoms with Crippen molar-refractivity contribution in [3.05, 3.63) is 82.7 Å². The van der Waals surface area contributed by atoms with Gasteiger partial charge in [-0.1, -0.05) is 48.5 Å². The fraction of sp³-hybridized carbons (Fsp3) is 0.400. The summed E-state index contributed by atoms with van der Waals surface area (Å²) in [5.41, 5.74) is -0.261. The normalized spacial score (nSPS) is 22.6. The summed E-state index contributed by atoms with van der Waals surface area (Å²) in [6.07, 6.45) is 1.02. The molecule has 0 bridgehead atoms. The molecule has 3 aliphatic heterocycles. The molecule has 0 N–H and O–H groups in total. The van der Waals surface area contributed by atoms with E-state index in [0.29, 0.717) is 35.8 Å². The van der Waals surface area contributed by atoms with Crippen molar-refractivity contribution in [1.82, 2.24) is 14.7 Å². The number of ether oxygens (including phenoxy) is 1. The van der Waals surface area contributed by atoms with Crippen LogP contribution in [0.2, 0.25) is 0 Å². The molecule has 1 aromatic heterocycles. The van der Waals surface area contributed by atoms with Crippen LogP contribution in [0.25, 0.3) is 0 Å². The molecule has 1 unspecified atom stereocenters. The third-order valence-corrected chi connectivity index (χ3v) is 11.6. The summed E-state index contributed by atoms with van der Waals surface area (Å²) in [4.78, 5) is 34.9. The molecular weight excluding hydrogens is 560 g/mol. The lowest BCUT2D eigenvalue weighted by Gasteiger charge is -2.42. The number of likely N-dealkylation sites (tertiary alicyclic amines) is 1. The van der Waals surface area contributed by atoms with Crippen LogP contribution in [0.4, 0.5) is 10.5 Å². The molecule has 11 heteroatoms. The van der Waals surface area contributed by atoms with E-state index in [1.54, 1.807) is 52.7 Å². The lowest BCUT2D eigenvalue weighted by molar-refractivity contribution is -0.132. The van der Waals surface area contributed by atoms with E-state index in [9.17, 15) is 18.0 Å². The zero-order chi connectivity index (χ0) is 28.8. The molecule has 3 aliphatic rings. The Morgan fingerprint density at radius 1 is 0.902 bits per heavy atom. The van der Waals surface area contributed by atoms with Gasteiger partial charge in [-0.2, -0.15) is 12.7 Å². The molecule has 2 fully saturated rings. The minimum atomic E-state index is -4.25. The van der Waals surface area contributed by atoms with E-state index >= 15 is 0 Å². The van der Waals surface area contributed by atoms with Crippen molar-refractivity contribution < 1.29 is 22.7 Å². The Labute approximate surface area is 245 Å². The predicted molar refractivity (Wildman–Crippen MR) is 158 cm³/mol. The number of sulfonamides is 1. The number of likely N-dealkylation sites (N-methyl/N-ethyl adjacent to an activating group) is 1. The van der Waals surface area contributed by atoms with Gasteiger partial charge in [-0.3, -0.25) is 9.69 Å². The summed E-state index contributed by atoms with van der Waals surface area (Å²) in [5, 5.41) is 1.65. The Balaban J connectivity index is 1.35. The number of piperazine rings is 1. The third kappa shape index (κ3) is 4.74. The number of piperidine rings is 1. The minimum absolute atomic E-state index is 0.0403. The molecule has 4 heterocycles. The first kappa shape index (κ1) is 27.9. The van der Waals surface area contributed by atoms with Crippen LogP contribution in [0.5, 0.6) is 0 Å². The van der Waals surface area contributed by atoms with E-state index in [0.717, 1.165) is 54.7 Å². The maximum absolute atomic E-state index is 14.5. The highest BCUT2D eigenvalue weighted by atomic mass is 32.2. The van der Waals surface area contributed by atoms with Crippen LogP contribution in [-0.4, -0.2) is 87.5 Å². The molecule has 6 rings (SSSR count). The van der Waals surface area contributed by atoms with Gasteiger partial charge in [0, 0.05) is 56.4 Å². The second kappa shape index (κ2) is 10.9. The fourth-order valence-corrected chi connectivity index (χ4v) is 8.75. The average Bonchev–Trinajstić information content (AvgIpc) is 3.61. The van der Waals surface area contributed by atoms with Gasteiger partial charge in [-0.15, -0.1) is 11.3 Å². The number of anilines is 1. The number of aryl methyl sites for hydroxylation is 1. The summed E-state index contributed by atoms with van der Waals surface area (Å²) >= 11 is 1.04. The van der Waals surface area contributed by atoms with E-state index in [1.165, 1.54) is 6.07 Å². The van der Waals surface area contributed by atoms with Gasteiger partial charge >= 0.3 is 6.09 Å². The van der Waals surface area contributed by atoms with Crippen molar-refractivity contribution in [1.29, 1.82) is 0 Å². The molecule has 3 aromatic rings. The maximum atomic E-state index is 14.5.